The van der Waals surface area contributed by atoms with Crippen LogP contribution in [0.1, 0.15) is 40.0 Å². The maximum atomic E-state index is 13.1. The number of ether oxygens (including phenoxy) is 1. The van der Waals surface area contributed by atoms with Crippen molar-refractivity contribution in [2.24, 2.45) is 17.8 Å². The van der Waals surface area contributed by atoms with E-state index >= 15 is 0 Å². The molecule has 0 bridgehead atoms. The minimum Gasteiger partial charge on any atom is -0.461 e. The lowest BCUT2D eigenvalue weighted by molar-refractivity contribution is -0.156. The van der Waals surface area contributed by atoms with Crippen molar-refractivity contribution in [3.05, 3.63) is 53.6 Å². The van der Waals surface area contributed by atoms with Crippen molar-refractivity contribution < 1.29 is 9.53 Å². The molecule has 0 spiro atoms. The summed E-state index contributed by atoms with van der Waals surface area (Å²) < 4.78 is 8.00. The first-order chi connectivity index (χ1) is 14.4. The summed E-state index contributed by atoms with van der Waals surface area (Å²) in [6.45, 7) is 6.83. The monoisotopic (exact) mass is 424 g/mol. The van der Waals surface area contributed by atoms with E-state index in [2.05, 4.69) is 20.8 Å². The fourth-order valence-corrected chi connectivity index (χ4v) is 4.86. The highest BCUT2D eigenvalue weighted by molar-refractivity contribution is 6.30. The number of rotatable bonds is 5. The Morgan fingerprint density at radius 1 is 1.20 bits per heavy atom. The summed E-state index contributed by atoms with van der Waals surface area (Å²) in [4.78, 5) is 17.8. The standard InChI is InChI=1S/C25H29ClN2O2/c1-16(2)20-12-11-17(3)13-23(20)30-24(29)15-28-22-10-5-4-9-21(22)27-25(28)18-7-6-8-19(26)14-18/h4-10,14,16-17,20,23H,11-13,15H2,1-3H3/t17-,20+,23?/m1/s1. The highest BCUT2D eigenvalue weighted by Gasteiger charge is 2.33. The number of hydrogen-bond donors (Lipinski definition) is 0. The third-order valence-corrected chi connectivity index (χ3v) is 6.50. The lowest BCUT2D eigenvalue weighted by Crippen LogP contribution is -2.36. The van der Waals surface area contributed by atoms with Crippen LogP contribution in [0.3, 0.4) is 0 Å². The Balaban J connectivity index is 1.63. The second-order valence-electron chi connectivity index (χ2n) is 8.88. The summed E-state index contributed by atoms with van der Waals surface area (Å²) >= 11 is 6.21. The molecule has 0 saturated heterocycles. The summed E-state index contributed by atoms with van der Waals surface area (Å²) in [6.07, 6.45) is 3.27. The van der Waals surface area contributed by atoms with Crippen molar-refractivity contribution in [3.8, 4) is 11.4 Å². The Morgan fingerprint density at radius 2 is 2.00 bits per heavy atom. The van der Waals surface area contributed by atoms with Crippen LogP contribution in [0.2, 0.25) is 5.02 Å². The van der Waals surface area contributed by atoms with Crippen LogP contribution in [0.5, 0.6) is 0 Å². The van der Waals surface area contributed by atoms with Crippen LogP contribution >= 0.6 is 11.6 Å². The van der Waals surface area contributed by atoms with Crippen molar-refractivity contribution in [2.45, 2.75) is 52.7 Å². The third-order valence-electron chi connectivity index (χ3n) is 6.27. The highest BCUT2D eigenvalue weighted by atomic mass is 35.5. The van der Waals surface area contributed by atoms with Gasteiger partial charge < -0.3 is 9.30 Å². The average molecular weight is 425 g/mol. The molecular weight excluding hydrogens is 396 g/mol. The Labute approximate surface area is 183 Å². The third kappa shape index (κ3) is 4.39. The lowest BCUT2D eigenvalue weighted by Gasteiger charge is -2.36. The summed E-state index contributed by atoms with van der Waals surface area (Å²) in [5.41, 5.74) is 2.66. The van der Waals surface area contributed by atoms with Gasteiger partial charge in [-0.1, -0.05) is 63.1 Å². The maximum Gasteiger partial charge on any atom is 0.326 e. The van der Waals surface area contributed by atoms with Gasteiger partial charge in [-0.3, -0.25) is 4.79 Å². The molecule has 0 radical (unpaired) electrons. The van der Waals surface area contributed by atoms with Gasteiger partial charge in [0.2, 0.25) is 0 Å². The van der Waals surface area contributed by atoms with E-state index in [1.54, 1.807) is 0 Å². The molecule has 3 atom stereocenters. The fourth-order valence-electron chi connectivity index (χ4n) is 4.67. The molecular formula is C25H29ClN2O2. The van der Waals surface area contributed by atoms with E-state index < -0.39 is 0 Å². The van der Waals surface area contributed by atoms with Crippen LogP contribution in [0.25, 0.3) is 22.4 Å². The summed E-state index contributed by atoms with van der Waals surface area (Å²) in [5, 5.41) is 0.643. The van der Waals surface area contributed by atoms with Gasteiger partial charge in [-0.15, -0.1) is 0 Å². The second kappa shape index (κ2) is 8.81. The zero-order valence-corrected chi connectivity index (χ0v) is 18.6. The second-order valence-corrected chi connectivity index (χ2v) is 9.31. The van der Waals surface area contributed by atoms with E-state index in [1.165, 1.54) is 6.42 Å². The average Bonchev–Trinajstić information content (AvgIpc) is 3.06. The van der Waals surface area contributed by atoms with Crippen molar-refractivity contribution in [1.82, 2.24) is 9.55 Å². The van der Waals surface area contributed by atoms with Crippen molar-refractivity contribution in [3.63, 3.8) is 0 Å². The number of carbonyl (C=O) groups excluding carboxylic acids is 1. The van der Waals surface area contributed by atoms with Crippen molar-refractivity contribution in [1.29, 1.82) is 0 Å². The van der Waals surface area contributed by atoms with Crippen molar-refractivity contribution in [2.75, 3.05) is 0 Å². The quantitative estimate of drug-likeness (QED) is 0.447. The Morgan fingerprint density at radius 3 is 2.77 bits per heavy atom. The van der Waals surface area contributed by atoms with Crippen LogP contribution in [0, 0.1) is 17.8 Å². The molecule has 158 valence electrons. The molecule has 1 heterocycles. The fraction of sp³-hybridized carbons (Fsp3) is 0.440. The first-order valence-electron chi connectivity index (χ1n) is 10.8. The van der Waals surface area contributed by atoms with Gasteiger partial charge in [-0.25, -0.2) is 4.98 Å². The topological polar surface area (TPSA) is 44.1 Å². The number of para-hydroxylation sites is 2. The number of nitrogens with zero attached hydrogens (tertiary/aromatic N) is 2. The van der Waals surface area contributed by atoms with Gasteiger partial charge in [-0.05, 0) is 54.9 Å². The van der Waals surface area contributed by atoms with E-state index in [4.69, 9.17) is 21.3 Å². The number of aromatic nitrogens is 2. The minimum absolute atomic E-state index is 0.00865. The number of hydrogen-bond acceptors (Lipinski definition) is 3. The lowest BCUT2D eigenvalue weighted by atomic mass is 9.75. The molecule has 5 heteroatoms. The Bertz CT molecular complexity index is 1040. The van der Waals surface area contributed by atoms with Crippen LogP contribution < -0.4 is 0 Å². The van der Waals surface area contributed by atoms with Crippen LogP contribution in [-0.2, 0) is 16.1 Å². The number of esters is 1. The number of imidazole rings is 1. The SMILES string of the molecule is CC(C)[C@@H]1CC[C@@H](C)CC1OC(=O)Cn1c(-c2cccc(Cl)c2)nc2ccccc21. The van der Waals surface area contributed by atoms with Gasteiger partial charge in [0.25, 0.3) is 0 Å². The molecule has 0 N–H and O–H groups in total. The first kappa shape index (κ1) is 20.9. The van der Waals surface area contributed by atoms with Gasteiger partial charge in [0.15, 0.2) is 0 Å². The molecule has 30 heavy (non-hydrogen) atoms. The zero-order valence-electron chi connectivity index (χ0n) is 17.8. The zero-order chi connectivity index (χ0) is 21.3. The van der Waals surface area contributed by atoms with Gasteiger partial charge in [0.1, 0.15) is 18.5 Å². The summed E-state index contributed by atoms with van der Waals surface area (Å²) in [7, 11) is 0. The molecule has 1 fully saturated rings. The van der Waals surface area contributed by atoms with Gasteiger partial charge >= 0.3 is 5.97 Å². The molecule has 1 unspecified atom stereocenters. The molecule has 1 aliphatic rings. The maximum absolute atomic E-state index is 13.1. The molecule has 0 amide bonds. The number of carbonyl (C=O) groups is 1. The Kier molecular flexibility index (Phi) is 6.14. The molecule has 2 aromatic carbocycles. The predicted octanol–water partition coefficient (Wildman–Crippen LogP) is 6.36. The number of benzene rings is 2. The number of fused-ring (bicyclic) bond motifs is 1. The minimum atomic E-state index is -0.203. The van der Waals surface area contributed by atoms with E-state index in [1.807, 2.05) is 53.1 Å². The highest BCUT2D eigenvalue weighted by Crippen LogP contribution is 2.35. The van der Waals surface area contributed by atoms with Gasteiger partial charge in [0, 0.05) is 10.6 Å². The van der Waals surface area contributed by atoms with E-state index in [9.17, 15) is 4.79 Å². The van der Waals surface area contributed by atoms with Crippen LogP contribution in [0.15, 0.2) is 48.5 Å². The largest absolute Gasteiger partial charge is 0.461 e. The smallest absolute Gasteiger partial charge is 0.326 e. The van der Waals surface area contributed by atoms with E-state index in [0.29, 0.717) is 22.8 Å². The molecule has 1 aromatic heterocycles. The van der Waals surface area contributed by atoms with Crippen LogP contribution in [-0.4, -0.2) is 21.6 Å². The van der Waals surface area contributed by atoms with Crippen molar-refractivity contribution >= 4 is 28.6 Å². The van der Waals surface area contributed by atoms with Gasteiger partial charge in [0.05, 0.1) is 11.0 Å². The first-order valence-corrected chi connectivity index (χ1v) is 11.2. The summed E-state index contributed by atoms with van der Waals surface area (Å²) in [5.74, 6) is 2.05. The molecule has 3 aromatic rings. The molecule has 1 saturated carbocycles. The van der Waals surface area contributed by atoms with E-state index in [-0.39, 0.29) is 18.6 Å². The normalized spacial score (nSPS) is 21.8. The summed E-state index contributed by atoms with van der Waals surface area (Å²) in [6, 6.07) is 15.4. The molecule has 4 nitrogen and oxygen atoms in total. The molecule has 4 rings (SSSR count). The van der Waals surface area contributed by atoms with Crippen LogP contribution in [0.4, 0.5) is 0 Å². The van der Waals surface area contributed by atoms with E-state index in [0.717, 1.165) is 35.3 Å². The molecule has 1 aliphatic carbocycles. The van der Waals surface area contributed by atoms with Gasteiger partial charge in [-0.2, -0.15) is 0 Å². The number of halogens is 1. The molecule has 0 aliphatic heterocycles. The predicted molar refractivity (Wildman–Crippen MR) is 121 cm³/mol. The Hall–Kier alpha value is -2.33.